The third-order valence-electron chi connectivity index (χ3n) is 4.35. The van der Waals surface area contributed by atoms with E-state index in [-0.39, 0.29) is 11.9 Å². The van der Waals surface area contributed by atoms with Gasteiger partial charge in [-0.1, -0.05) is 83.1 Å². The Balaban J connectivity index is 4.87. The molecule has 184 valence electrons. The molecular weight excluding hydrogens is 424 g/mol. The average molecular weight is 465 g/mol. The van der Waals surface area contributed by atoms with Crippen molar-refractivity contribution in [2.24, 2.45) is 0 Å². The maximum absolute atomic E-state index is 11.6. The van der Waals surface area contributed by atoms with E-state index in [2.05, 4.69) is 0 Å². The number of hydrogen-bond donors (Lipinski definition) is 0. The van der Waals surface area contributed by atoms with Gasteiger partial charge in [-0.3, -0.25) is 0 Å². The number of allylic oxidation sites excluding steroid dienone is 16. The fourth-order valence-electron chi connectivity index (χ4n) is 2.62. The predicted octanol–water partition coefficient (Wildman–Crippen LogP) is 7.46. The second kappa shape index (κ2) is 18.1. The maximum Gasteiger partial charge on any atom is 0.333 e. The number of ether oxygens (including phenoxy) is 2. The third kappa shape index (κ3) is 15.4. The Hall–Kier alpha value is -3.40. The van der Waals surface area contributed by atoms with Crippen LogP contribution in [0.15, 0.2) is 106 Å². The summed E-state index contributed by atoms with van der Waals surface area (Å²) in [6.45, 7) is 15.8. The van der Waals surface area contributed by atoms with Gasteiger partial charge >= 0.3 is 11.9 Å². The molecule has 0 aromatic heterocycles. The van der Waals surface area contributed by atoms with Crippen molar-refractivity contribution in [3.05, 3.63) is 106 Å². The molecule has 0 bridgehead atoms. The zero-order chi connectivity index (χ0) is 25.9. The summed E-state index contributed by atoms with van der Waals surface area (Å²) in [6, 6.07) is 0. The highest BCUT2D eigenvalue weighted by molar-refractivity contribution is 5.88. The van der Waals surface area contributed by atoms with E-state index in [0.717, 1.165) is 22.3 Å². The van der Waals surface area contributed by atoms with Gasteiger partial charge in [0.05, 0.1) is 13.2 Å². The van der Waals surface area contributed by atoms with Crippen LogP contribution in [0.3, 0.4) is 0 Å². The number of esters is 2. The fraction of sp³-hybridized carbons (Fsp3) is 0.333. The number of carbonyl (C=O) groups excluding carboxylic acids is 2. The Morgan fingerprint density at radius 1 is 0.529 bits per heavy atom. The van der Waals surface area contributed by atoms with Gasteiger partial charge < -0.3 is 9.47 Å². The van der Waals surface area contributed by atoms with E-state index in [4.69, 9.17) is 9.47 Å². The summed E-state index contributed by atoms with van der Waals surface area (Å²) in [5.41, 5.74) is 5.34. The molecule has 0 aliphatic heterocycles. The summed E-state index contributed by atoms with van der Waals surface area (Å²) in [4.78, 5) is 23.3. The van der Waals surface area contributed by atoms with E-state index in [1.54, 1.807) is 27.7 Å². The Labute approximate surface area is 206 Å². The Bertz CT molecular complexity index is 880. The number of hydrogen-bond acceptors (Lipinski definition) is 4. The van der Waals surface area contributed by atoms with Crippen LogP contribution in [-0.4, -0.2) is 25.2 Å². The first-order valence-electron chi connectivity index (χ1n) is 11.5. The van der Waals surface area contributed by atoms with Crippen molar-refractivity contribution in [2.75, 3.05) is 13.2 Å². The molecule has 4 heteroatoms. The summed E-state index contributed by atoms with van der Waals surface area (Å²) >= 11 is 0. The molecule has 0 rings (SSSR count). The number of rotatable bonds is 12. The SMILES string of the molecule is CCOC(=O)C(C)=CC(C)=CC=CC(C)=CC=CC=C(C)C=CC=C(C)C=C(C)C(=O)OCC. The molecule has 0 unspecified atom stereocenters. The molecule has 34 heavy (non-hydrogen) atoms. The highest BCUT2D eigenvalue weighted by atomic mass is 16.5. The first-order chi connectivity index (χ1) is 16.1. The van der Waals surface area contributed by atoms with Crippen LogP contribution in [0.4, 0.5) is 0 Å². The molecule has 0 saturated heterocycles. The van der Waals surface area contributed by atoms with E-state index in [9.17, 15) is 9.59 Å². The molecule has 0 aromatic carbocycles. The van der Waals surface area contributed by atoms with Crippen LogP contribution >= 0.6 is 0 Å². The van der Waals surface area contributed by atoms with Crippen molar-refractivity contribution in [3.8, 4) is 0 Å². The molecule has 0 saturated carbocycles. The molecular formula is C30H40O4. The van der Waals surface area contributed by atoms with Gasteiger partial charge in [-0.15, -0.1) is 0 Å². The summed E-state index contributed by atoms with van der Waals surface area (Å²) in [5, 5.41) is 0. The van der Waals surface area contributed by atoms with Gasteiger partial charge in [0, 0.05) is 11.1 Å². The van der Waals surface area contributed by atoms with Gasteiger partial charge in [0.1, 0.15) is 0 Å². The van der Waals surface area contributed by atoms with Crippen LogP contribution in [0, 0.1) is 0 Å². The maximum atomic E-state index is 11.6. The topological polar surface area (TPSA) is 52.6 Å². The second-order valence-corrected chi connectivity index (χ2v) is 7.84. The lowest BCUT2D eigenvalue weighted by molar-refractivity contribution is -0.139. The minimum atomic E-state index is -0.286. The molecule has 0 fully saturated rings. The Morgan fingerprint density at radius 2 is 0.853 bits per heavy atom. The van der Waals surface area contributed by atoms with Gasteiger partial charge in [0.2, 0.25) is 0 Å². The van der Waals surface area contributed by atoms with E-state index in [1.165, 1.54) is 0 Å². The van der Waals surface area contributed by atoms with Crippen LogP contribution < -0.4 is 0 Å². The highest BCUT2D eigenvalue weighted by Gasteiger charge is 2.04. The zero-order valence-corrected chi connectivity index (χ0v) is 22.0. The minimum Gasteiger partial charge on any atom is -0.463 e. The lowest BCUT2D eigenvalue weighted by Crippen LogP contribution is -2.04. The molecule has 0 spiro atoms. The van der Waals surface area contributed by atoms with Gasteiger partial charge in [-0.05, 0) is 67.5 Å². The van der Waals surface area contributed by atoms with Gasteiger partial charge in [0.25, 0.3) is 0 Å². The first-order valence-corrected chi connectivity index (χ1v) is 11.5. The number of carbonyl (C=O) groups is 2. The van der Waals surface area contributed by atoms with Crippen LogP contribution in [0.5, 0.6) is 0 Å². The minimum absolute atomic E-state index is 0.286. The molecule has 0 aliphatic rings. The summed E-state index contributed by atoms with van der Waals surface area (Å²) < 4.78 is 9.96. The summed E-state index contributed by atoms with van der Waals surface area (Å²) in [5.74, 6) is -0.573. The van der Waals surface area contributed by atoms with Crippen LogP contribution in [0.2, 0.25) is 0 Å². The quantitative estimate of drug-likeness (QED) is 0.171. The van der Waals surface area contributed by atoms with Crippen LogP contribution in [-0.2, 0) is 19.1 Å². The van der Waals surface area contributed by atoms with E-state index in [1.807, 2.05) is 101 Å². The van der Waals surface area contributed by atoms with Crippen molar-refractivity contribution in [3.63, 3.8) is 0 Å². The molecule has 0 aromatic rings. The van der Waals surface area contributed by atoms with Crippen LogP contribution in [0.25, 0.3) is 0 Å². The third-order valence-corrected chi connectivity index (χ3v) is 4.35. The van der Waals surface area contributed by atoms with Crippen molar-refractivity contribution in [1.82, 2.24) is 0 Å². The highest BCUT2D eigenvalue weighted by Crippen LogP contribution is 2.07. The van der Waals surface area contributed by atoms with E-state index >= 15 is 0 Å². The zero-order valence-electron chi connectivity index (χ0n) is 22.0. The molecule has 0 atom stereocenters. The standard InChI is InChI=1S/C30H40O4/c1-9-33-29(31)27(7)21-25(5)19-13-17-23(3)15-11-12-16-24(4)18-14-20-26(6)22-28(8)30(32)34-10-2/h11-22H,9-10H2,1-8H3. The smallest absolute Gasteiger partial charge is 0.333 e. The fourth-order valence-corrected chi connectivity index (χ4v) is 2.62. The van der Waals surface area contributed by atoms with Crippen LogP contribution in [0.1, 0.15) is 55.4 Å². The molecule has 0 amide bonds. The Kier molecular flexibility index (Phi) is 16.3. The largest absolute Gasteiger partial charge is 0.463 e. The van der Waals surface area contributed by atoms with Gasteiger partial charge in [-0.25, -0.2) is 9.59 Å². The predicted molar refractivity (Wildman–Crippen MR) is 143 cm³/mol. The lowest BCUT2D eigenvalue weighted by Gasteiger charge is -2.01. The first kappa shape index (κ1) is 30.6. The lowest BCUT2D eigenvalue weighted by atomic mass is 10.1. The second-order valence-electron chi connectivity index (χ2n) is 7.84. The van der Waals surface area contributed by atoms with Gasteiger partial charge in [-0.2, -0.15) is 0 Å². The Morgan fingerprint density at radius 3 is 1.18 bits per heavy atom. The van der Waals surface area contributed by atoms with Crippen molar-refractivity contribution < 1.29 is 19.1 Å². The van der Waals surface area contributed by atoms with E-state index < -0.39 is 0 Å². The van der Waals surface area contributed by atoms with Crippen molar-refractivity contribution >= 4 is 11.9 Å². The normalized spacial score (nSPS) is 15.1. The van der Waals surface area contributed by atoms with Crippen molar-refractivity contribution in [1.29, 1.82) is 0 Å². The van der Waals surface area contributed by atoms with E-state index in [0.29, 0.717) is 24.4 Å². The van der Waals surface area contributed by atoms with Gasteiger partial charge in [0.15, 0.2) is 0 Å². The molecule has 4 nitrogen and oxygen atoms in total. The summed E-state index contributed by atoms with van der Waals surface area (Å²) in [6.07, 6.45) is 23.5. The molecule has 0 radical (unpaired) electrons. The van der Waals surface area contributed by atoms with Crippen molar-refractivity contribution in [2.45, 2.75) is 55.4 Å². The molecule has 0 aliphatic carbocycles. The average Bonchev–Trinajstić information content (AvgIpc) is 2.76. The summed E-state index contributed by atoms with van der Waals surface area (Å²) in [7, 11) is 0. The monoisotopic (exact) mass is 464 g/mol. The molecule has 0 heterocycles. The molecule has 0 N–H and O–H groups in total.